The van der Waals surface area contributed by atoms with Crippen molar-refractivity contribution in [3.05, 3.63) is 0 Å². The van der Waals surface area contributed by atoms with Gasteiger partial charge in [-0.1, -0.05) is 0 Å². The second-order valence-electron chi connectivity index (χ2n) is 0.354. The summed E-state index contributed by atoms with van der Waals surface area (Å²) in [5.41, 5.74) is 0. The van der Waals surface area contributed by atoms with Crippen LogP contribution in [0.15, 0.2) is 0 Å². The zero-order valence-electron chi connectivity index (χ0n) is 5.33. The van der Waals surface area contributed by atoms with Crippen molar-refractivity contribution in [2.45, 2.75) is 0 Å². The van der Waals surface area contributed by atoms with Crippen LogP contribution in [0.2, 0.25) is 0 Å². The van der Waals surface area contributed by atoms with Gasteiger partial charge in [0.1, 0.15) is 0 Å². The van der Waals surface area contributed by atoms with Crippen LogP contribution in [0.3, 0.4) is 0 Å². The Morgan fingerprint density at radius 2 is 0.455 bits per heavy atom. The van der Waals surface area contributed by atoms with Gasteiger partial charge in [0, 0.05) is 0 Å². The molecule has 0 radical (unpaired) electrons. The summed E-state index contributed by atoms with van der Waals surface area (Å²) in [4.78, 5) is 0. The van der Waals surface area contributed by atoms with Crippen LogP contribution in [0, 0.1) is 0 Å². The van der Waals surface area contributed by atoms with E-state index in [0.29, 0.717) is 0 Å². The molecule has 62 valence electrons. The molecule has 0 aliphatic heterocycles. The van der Waals surface area contributed by atoms with Crippen LogP contribution < -0.4 is 30.1 Å². The first-order valence-electron chi connectivity index (χ1n) is 1.73. The molecule has 0 unspecified atom stereocenters. The van der Waals surface area contributed by atoms with E-state index in [1.54, 1.807) is 0 Å². The standard InChI is InChI=1S/3BHO2.2Re/c3*2-1-3;;/h3*1H;;/q3*-2;2*+3. The van der Waals surface area contributed by atoms with Gasteiger partial charge in [-0.2, -0.15) is 0 Å². The van der Waals surface area contributed by atoms with E-state index < -0.39 is 23.1 Å². The Hall–Kier alpha value is 1.28. The van der Waals surface area contributed by atoms with Gasteiger partial charge in [-0.05, 0) is 0 Å². The topological polar surface area (TPSA) is 138 Å². The molecule has 0 N–H and O–H groups in total. The van der Waals surface area contributed by atoms with Crippen molar-refractivity contribution in [2.24, 2.45) is 0 Å². The Labute approximate surface area is 93.9 Å². The van der Waals surface area contributed by atoms with Crippen molar-refractivity contribution < 1.29 is 71.0 Å². The van der Waals surface area contributed by atoms with E-state index in [0.717, 1.165) is 0 Å². The van der Waals surface area contributed by atoms with Crippen molar-refractivity contribution >= 4 is 23.1 Å². The van der Waals surface area contributed by atoms with Gasteiger partial charge in [0.25, 0.3) is 0 Å². The fraction of sp³-hybridized carbons (Fsp3) is 0. The fourth-order valence-electron chi connectivity index (χ4n) is 0. The van der Waals surface area contributed by atoms with Gasteiger partial charge in [-0.15, -0.1) is 23.1 Å². The van der Waals surface area contributed by atoms with E-state index in [9.17, 15) is 0 Å². The number of rotatable bonds is 0. The van der Waals surface area contributed by atoms with E-state index in [1.807, 2.05) is 0 Å². The third kappa shape index (κ3) is 593. The van der Waals surface area contributed by atoms with Crippen molar-refractivity contribution in [3.63, 3.8) is 0 Å². The minimum atomic E-state index is -1.25. The Bertz CT molecular complexity index is 20.5. The molecule has 0 aromatic heterocycles. The van der Waals surface area contributed by atoms with E-state index in [2.05, 4.69) is 0 Å². The molecule has 0 bridgehead atoms. The molecule has 11 heteroatoms. The van der Waals surface area contributed by atoms with E-state index >= 15 is 0 Å². The zero-order chi connectivity index (χ0) is 8.12. The van der Waals surface area contributed by atoms with Crippen molar-refractivity contribution in [1.29, 1.82) is 0 Å². The van der Waals surface area contributed by atoms with E-state index in [4.69, 9.17) is 30.1 Å². The van der Waals surface area contributed by atoms with Crippen LogP contribution in [0.5, 0.6) is 0 Å². The van der Waals surface area contributed by atoms with Gasteiger partial charge >= 0.3 is 40.8 Å². The molecule has 0 rings (SSSR count). The van der Waals surface area contributed by atoms with Crippen molar-refractivity contribution in [1.82, 2.24) is 0 Å². The molecule has 0 aliphatic rings. The first-order chi connectivity index (χ1) is 4.24. The SMILES string of the molecule is [O-]B[O-].[O-]B[O-].[O-]B[O-].[Re+3].[Re+3]. The summed E-state index contributed by atoms with van der Waals surface area (Å²) in [5.74, 6) is 0. The normalized spacial score (nSPS) is 3.82. The molecule has 0 saturated carbocycles. The Morgan fingerprint density at radius 3 is 0.455 bits per heavy atom. The first-order valence-corrected chi connectivity index (χ1v) is 1.73. The molecule has 0 aromatic carbocycles. The minimum absolute atomic E-state index is 0. The monoisotopic (exact) mass is 506 g/mol. The smallest absolute Gasteiger partial charge is 0.896 e. The largest absolute Gasteiger partial charge is 3.00 e. The summed E-state index contributed by atoms with van der Waals surface area (Å²) in [5, 5.41) is 50.2. The van der Waals surface area contributed by atoms with Crippen LogP contribution >= 0.6 is 0 Å². The molecule has 0 spiro atoms. The maximum atomic E-state index is 8.38. The van der Waals surface area contributed by atoms with Crippen molar-refractivity contribution in [2.75, 3.05) is 0 Å². The van der Waals surface area contributed by atoms with Crippen LogP contribution in [0.1, 0.15) is 0 Å². The molecular formula is H3B3O6Re2. The molecule has 11 heavy (non-hydrogen) atoms. The summed E-state index contributed by atoms with van der Waals surface area (Å²) < 4.78 is 0. The first kappa shape index (κ1) is 29.5. The second-order valence-corrected chi connectivity index (χ2v) is 0.354. The Morgan fingerprint density at radius 1 is 0.455 bits per heavy atom. The van der Waals surface area contributed by atoms with Crippen LogP contribution in [-0.4, -0.2) is 23.1 Å². The van der Waals surface area contributed by atoms with Gasteiger partial charge in [0.2, 0.25) is 0 Å². The quantitative estimate of drug-likeness (QED) is 0.301. The average Bonchev–Trinajstić information content (AvgIpc) is 1.70. The number of hydrogen-bond donors (Lipinski definition) is 0. The third-order valence-electron chi connectivity index (χ3n) is 0. The number of hydrogen-bond acceptors (Lipinski definition) is 6. The summed E-state index contributed by atoms with van der Waals surface area (Å²) in [6.07, 6.45) is 0. The average molecular weight is 504 g/mol. The predicted octanol–water partition coefficient (Wildman–Crippen LogP) is -9.08. The third-order valence-corrected chi connectivity index (χ3v) is 0. The maximum Gasteiger partial charge on any atom is 3.00 e. The van der Waals surface area contributed by atoms with E-state index in [1.165, 1.54) is 0 Å². The van der Waals surface area contributed by atoms with Gasteiger partial charge in [-0.3, -0.25) is 0 Å². The summed E-state index contributed by atoms with van der Waals surface area (Å²) in [7, 11) is -3.75. The molecule has 0 atom stereocenters. The minimum Gasteiger partial charge on any atom is -0.896 e. The van der Waals surface area contributed by atoms with Crippen molar-refractivity contribution in [3.8, 4) is 0 Å². The summed E-state index contributed by atoms with van der Waals surface area (Å²) in [6.45, 7) is 0. The summed E-state index contributed by atoms with van der Waals surface area (Å²) >= 11 is 0. The predicted molar refractivity (Wildman–Crippen MR) is 21.4 cm³/mol. The maximum absolute atomic E-state index is 8.38. The van der Waals surface area contributed by atoms with Gasteiger partial charge in [0.15, 0.2) is 0 Å². The van der Waals surface area contributed by atoms with Crippen LogP contribution in [0.4, 0.5) is 0 Å². The summed E-state index contributed by atoms with van der Waals surface area (Å²) in [6, 6.07) is 0. The molecule has 0 aromatic rings. The van der Waals surface area contributed by atoms with E-state index in [-0.39, 0.29) is 40.8 Å². The van der Waals surface area contributed by atoms with Gasteiger partial charge in [0.05, 0.1) is 0 Å². The molecule has 0 heterocycles. The Balaban J connectivity index is -0.0000000150. The molecular weight excluding hydrogens is 501 g/mol. The Kier molecular flexibility index (Phi) is 174. The molecule has 0 fully saturated rings. The fourth-order valence-corrected chi connectivity index (χ4v) is 0. The second kappa shape index (κ2) is 65.1. The van der Waals surface area contributed by atoms with Crippen LogP contribution in [-0.2, 0) is 40.8 Å². The molecule has 6 nitrogen and oxygen atoms in total. The van der Waals surface area contributed by atoms with Gasteiger partial charge in [-0.25, -0.2) is 0 Å². The molecule has 0 saturated heterocycles. The molecule has 0 aliphatic carbocycles. The van der Waals surface area contributed by atoms with Gasteiger partial charge < -0.3 is 30.1 Å². The molecule has 0 amide bonds. The zero-order valence-corrected chi connectivity index (χ0v) is 10.8. The van der Waals surface area contributed by atoms with Crippen LogP contribution in [0.25, 0.3) is 0 Å².